The Labute approximate surface area is 168 Å². The fourth-order valence-electron chi connectivity index (χ4n) is 4.48. The number of H-pyrrole nitrogens is 1. The molecular formula is C20H26N8O. The highest BCUT2D eigenvalue weighted by atomic mass is 16.1. The van der Waals surface area contributed by atoms with E-state index in [2.05, 4.69) is 30.3 Å². The van der Waals surface area contributed by atoms with Gasteiger partial charge in [-0.05, 0) is 69.2 Å². The van der Waals surface area contributed by atoms with Crippen LogP contribution in [0.25, 0.3) is 5.82 Å². The van der Waals surface area contributed by atoms with Crippen LogP contribution in [0.2, 0.25) is 0 Å². The predicted molar refractivity (Wildman–Crippen MR) is 107 cm³/mol. The number of fused-ring (bicyclic) bond motifs is 1. The van der Waals surface area contributed by atoms with E-state index in [-0.39, 0.29) is 5.56 Å². The van der Waals surface area contributed by atoms with Crippen LogP contribution in [0, 0.1) is 5.92 Å². The van der Waals surface area contributed by atoms with Gasteiger partial charge in [0.25, 0.3) is 5.56 Å². The average molecular weight is 394 g/mol. The fraction of sp³-hybridized carbons (Fsp3) is 0.550. The molecule has 1 aliphatic carbocycles. The van der Waals surface area contributed by atoms with Gasteiger partial charge in [-0.1, -0.05) is 0 Å². The van der Waals surface area contributed by atoms with Gasteiger partial charge in [0.2, 0.25) is 0 Å². The maximum Gasteiger partial charge on any atom is 0.266 e. The quantitative estimate of drug-likeness (QED) is 0.701. The van der Waals surface area contributed by atoms with E-state index in [0.29, 0.717) is 18.3 Å². The first kappa shape index (κ1) is 18.2. The number of aromatic amines is 1. The molecule has 0 unspecified atom stereocenters. The molecule has 0 atom stereocenters. The summed E-state index contributed by atoms with van der Waals surface area (Å²) in [6.07, 6.45) is 10.0. The summed E-state index contributed by atoms with van der Waals surface area (Å²) in [4.78, 5) is 18.7. The van der Waals surface area contributed by atoms with E-state index in [1.165, 1.54) is 36.1 Å². The molecule has 0 aromatic carbocycles. The minimum absolute atomic E-state index is 0.0700. The van der Waals surface area contributed by atoms with Crippen LogP contribution in [-0.4, -0.2) is 52.7 Å². The largest absolute Gasteiger partial charge is 0.297 e. The molecule has 1 N–H and O–H groups in total. The van der Waals surface area contributed by atoms with Gasteiger partial charge in [0, 0.05) is 24.8 Å². The van der Waals surface area contributed by atoms with Gasteiger partial charge in [0.1, 0.15) is 12.7 Å². The molecule has 9 heteroatoms. The molecule has 0 bridgehead atoms. The minimum Gasteiger partial charge on any atom is -0.297 e. The van der Waals surface area contributed by atoms with Gasteiger partial charge in [-0.15, -0.1) is 5.10 Å². The topological polar surface area (TPSA) is 97.5 Å². The Hall–Kier alpha value is -2.81. The van der Waals surface area contributed by atoms with Crippen LogP contribution in [0.15, 0.2) is 29.6 Å². The van der Waals surface area contributed by atoms with E-state index < -0.39 is 0 Å². The Balaban J connectivity index is 1.20. The molecule has 1 aliphatic heterocycles. The van der Waals surface area contributed by atoms with Gasteiger partial charge < -0.3 is 0 Å². The molecule has 9 nitrogen and oxygen atoms in total. The van der Waals surface area contributed by atoms with Crippen molar-refractivity contribution in [2.45, 2.75) is 51.6 Å². The number of nitrogens with one attached hydrogen (secondary N) is 1. The number of rotatable bonds is 5. The van der Waals surface area contributed by atoms with E-state index in [4.69, 9.17) is 0 Å². The van der Waals surface area contributed by atoms with Crippen molar-refractivity contribution in [1.29, 1.82) is 0 Å². The fourth-order valence-corrected chi connectivity index (χ4v) is 4.48. The number of hydrogen-bond donors (Lipinski definition) is 1. The van der Waals surface area contributed by atoms with E-state index in [1.54, 1.807) is 27.8 Å². The summed E-state index contributed by atoms with van der Waals surface area (Å²) in [5.74, 6) is 1.07. The molecule has 0 saturated carbocycles. The van der Waals surface area contributed by atoms with Gasteiger partial charge in [0.05, 0.1) is 5.69 Å². The third-order valence-electron chi connectivity index (χ3n) is 6.16. The summed E-state index contributed by atoms with van der Waals surface area (Å²) in [6.45, 7) is 3.64. The Morgan fingerprint density at radius 2 is 2.00 bits per heavy atom. The molecule has 0 amide bonds. The summed E-state index contributed by atoms with van der Waals surface area (Å²) in [5, 5.41) is 16.4. The molecule has 152 valence electrons. The van der Waals surface area contributed by atoms with Crippen LogP contribution < -0.4 is 5.56 Å². The number of aromatic nitrogens is 7. The van der Waals surface area contributed by atoms with Crippen molar-refractivity contribution in [2.24, 2.45) is 5.92 Å². The SMILES string of the molecule is O=c1ccc(-n2cncn2)nn1CC1CCN(Cc2n[nH]c3c2CCCC3)CC1. The van der Waals surface area contributed by atoms with E-state index in [1.807, 2.05) is 0 Å². The summed E-state index contributed by atoms with van der Waals surface area (Å²) in [5.41, 5.74) is 3.97. The second-order valence-corrected chi connectivity index (χ2v) is 8.11. The molecule has 0 spiro atoms. The Morgan fingerprint density at radius 3 is 2.83 bits per heavy atom. The molecule has 3 aromatic rings. The lowest BCUT2D eigenvalue weighted by Gasteiger charge is -2.31. The second kappa shape index (κ2) is 7.90. The predicted octanol–water partition coefficient (Wildman–Crippen LogP) is 1.34. The zero-order valence-electron chi connectivity index (χ0n) is 16.5. The maximum absolute atomic E-state index is 12.3. The van der Waals surface area contributed by atoms with Gasteiger partial charge in [-0.2, -0.15) is 10.2 Å². The van der Waals surface area contributed by atoms with Crippen molar-refractivity contribution in [3.8, 4) is 5.82 Å². The smallest absolute Gasteiger partial charge is 0.266 e. The van der Waals surface area contributed by atoms with Crippen molar-refractivity contribution < 1.29 is 0 Å². The highest BCUT2D eigenvalue weighted by Crippen LogP contribution is 2.25. The lowest BCUT2D eigenvalue weighted by Crippen LogP contribution is -2.36. The molecule has 4 heterocycles. The molecule has 1 saturated heterocycles. The highest BCUT2D eigenvalue weighted by Gasteiger charge is 2.23. The van der Waals surface area contributed by atoms with E-state index in [9.17, 15) is 4.79 Å². The van der Waals surface area contributed by atoms with E-state index in [0.717, 1.165) is 45.3 Å². The van der Waals surface area contributed by atoms with Crippen molar-refractivity contribution >= 4 is 0 Å². The zero-order chi connectivity index (χ0) is 19.6. The number of hydrogen-bond acceptors (Lipinski definition) is 6. The number of nitrogens with zero attached hydrogens (tertiary/aromatic N) is 7. The van der Waals surface area contributed by atoms with Crippen LogP contribution in [0.4, 0.5) is 0 Å². The maximum atomic E-state index is 12.3. The van der Waals surface area contributed by atoms with Crippen molar-refractivity contribution in [1.82, 2.24) is 39.6 Å². The third-order valence-corrected chi connectivity index (χ3v) is 6.16. The summed E-state index contributed by atoms with van der Waals surface area (Å²) >= 11 is 0. The van der Waals surface area contributed by atoms with Crippen LogP contribution in [-0.2, 0) is 25.9 Å². The first-order chi connectivity index (χ1) is 14.3. The van der Waals surface area contributed by atoms with Crippen molar-refractivity contribution in [3.05, 3.63) is 52.1 Å². The third kappa shape index (κ3) is 3.87. The zero-order valence-corrected chi connectivity index (χ0v) is 16.5. The standard InChI is InChI=1S/C20H26N8O/c29-20-6-5-19(28-14-21-13-22-28)25-27(20)11-15-7-9-26(10-8-15)12-18-16-3-1-2-4-17(16)23-24-18/h5-6,13-15H,1-4,7-12H2,(H,23,24). The number of piperidine rings is 1. The Morgan fingerprint density at radius 1 is 1.14 bits per heavy atom. The van der Waals surface area contributed by atoms with Crippen molar-refractivity contribution in [2.75, 3.05) is 13.1 Å². The molecule has 29 heavy (non-hydrogen) atoms. The van der Waals surface area contributed by atoms with Crippen LogP contribution in [0.3, 0.4) is 0 Å². The minimum atomic E-state index is -0.0700. The van der Waals surface area contributed by atoms with Gasteiger partial charge in [-0.3, -0.25) is 14.8 Å². The molecule has 1 fully saturated rings. The van der Waals surface area contributed by atoms with Crippen LogP contribution >= 0.6 is 0 Å². The van der Waals surface area contributed by atoms with Gasteiger partial charge in [0.15, 0.2) is 5.82 Å². The van der Waals surface area contributed by atoms with Crippen LogP contribution in [0.1, 0.15) is 42.6 Å². The first-order valence-corrected chi connectivity index (χ1v) is 10.5. The summed E-state index contributed by atoms with van der Waals surface area (Å²) < 4.78 is 3.14. The molecule has 0 radical (unpaired) electrons. The molecule has 3 aromatic heterocycles. The molecule has 2 aliphatic rings. The molecular weight excluding hydrogens is 368 g/mol. The number of likely N-dealkylation sites (tertiary alicyclic amines) is 1. The van der Waals surface area contributed by atoms with Crippen molar-refractivity contribution in [3.63, 3.8) is 0 Å². The first-order valence-electron chi connectivity index (χ1n) is 10.5. The second-order valence-electron chi connectivity index (χ2n) is 8.11. The summed E-state index contributed by atoms with van der Waals surface area (Å²) in [7, 11) is 0. The Kier molecular flexibility index (Phi) is 4.97. The monoisotopic (exact) mass is 394 g/mol. The van der Waals surface area contributed by atoms with Crippen LogP contribution in [0.5, 0.6) is 0 Å². The summed E-state index contributed by atoms with van der Waals surface area (Å²) in [6, 6.07) is 3.24. The number of aryl methyl sites for hydroxylation is 1. The highest BCUT2D eigenvalue weighted by molar-refractivity contribution is 5.27. The van der Waals surface area contributed by atoms with Gasteiger partial charge >= 0.3 is 0 Å². The lowest BCUT2D eigenvalue weighted by atomic mass is 9.94. The molecule has 5 rings (SSSR count). The van der Waals surface area contributed by atoms with Gasteiger partial charge in [-0.25, -0.2) is 14.3 Å². The van der Waals surface area contributed by atoms with E-state index >= 15 is 0 Å². The lowest BCUT2D eigenvalue weighted by molar-refractivity contribution is 0.161. The average Bonchev–Trinajstić information content (AvgIpc) is 3.42. The normalized spacial score (nSPS) is 18.1. The Bertz CT molecular complexity index is 1010.